The number of carbonyl (C=O) groups excluding carboxylic acids is 3. The zero-order valence-electron chi connectivity index (χ0n) is 14.0. The molecule has 3 aromatic rings. The van der Waals surface area contributed by atoms with Crippen molar-refractivity contribution in [2.45, 2.75) is 13.0 Å². The topological polar surface area (TPSA) is 103 Å². The molecule has 0 bridgehead atoms. The number of rotatable bonds is 5. The Labute approximate surface area is 157 Å². The number of hydrogen-bond donors (Lipinski definition) is 0. The van der Waals surface area contributed by atoms with E-state index >= 15 is 0 Å². The van der Waals surface area contributed by atoms with E-state index in [4.69, 9.17) is 9.26 Å². The van der Waals surface area contributed by atoms with Gasteiger partial charge < -0.3 is 9.26 Å². The summed E-state index contributed by atoms with van der Waals surface area (Å²) in [5.41, 5.74) is 1.08. The first-order valence-electron chi connectivity index (χ1n) is 8.06. The largest absolute Gasteiger partial charge is 0.454 e. The third-order valence-corrected chi connectivity index (χ3v) is 4.85. The van der Waals surface area contributed by atoms with Crippen LogP contribution in [0.15, 0.2) is 46.3 Å². The summed E-state index contributed by atoms with van der Waals surface area (Å²) in [6.45, 7) is -0.693. The monoisotopic (exact) mass is 383 g/mol. The standard InChI is InChI=1S/C18H13N3O5S/c22-15-8-11-4-1-2-5-12(11)18(24)21(15)9-16(23)25-10-14-19-17(20-26-14)13-6-3-7-27-13/h1-7H,8-10H2. The maximum atomic E-state index is 12.4. The molecule has 0 aliphatic carbocycles. The second-order valence-corrected chi connectivity index (χ2v) is 6.72. The number of hydrogen-bond acceptors (Lipinski definition) is 8. The number of esters is 1. The second kappa shape index (κ2) is 7.12. The average Bonchev–Trinajstić information content (AvgIpc) is 3.35. The molecule has 4 rings (SSSR count). The summed E-state index contributed by atoms with van der Waals surface area (Å²) in [6, 6.07) is 10.5. The zero-order valence-corrected chi connectivity index (χ0v) is 14.8. The molecule has 0 radical (unpaired) electrons. The van der Waals surface area contributed by atoms with Gasteiger partial charge in [0.1, 0.15) is 6.54 Å². The van der Waals surface area contributed by atoms with E-state index in [-0.39, 0.29) is 18.9 Å². The molecule has 136 valence electrons. The van der Waals surface area contributed by atoms with E-state index in [9.17, 15) is 14.4 Å². The Balaban J connectivity index is 1.37. The quantitative estimate of drug-likeness (QED) is 0.491. The van der Waals surface area contributed by atoms with Crippen LogP contribution in [0.4, 0.5) is 0 Å². The van der Waals surface area contributed by atoms with Crippen molar-refractivity contribution in [3.63, 3.8) is 0 Å². The number of carbonyl (C=O) groups is 3. The number of ether oxygens (including phenoxy) is 1. The van der Waals surface area contributed by atoms with Crippen molar-refractivity contribution < 1.29 is 23.6 Å². The van der Waals surface area contributed by atoms with E-state index in [1.165, 1.54) is 11.3 Å². The number of amides is 2. The number of fused-ring (bicyclic) bond motifs is 1. The van der Waals surface area contributed by atoms with Gasteiger partial charge in [-0.2, -0.15) is 4.98 Å². The van der Waals surface area contributed by atoms with Gasteiger partial charge in [0, 0.05) is 5.56 Å². The van der Waals surface area contributed by atoms with Crippen LogP contribution in [0, 0.1) is 0 Å². The lowest BCUT2D eigenvalue weighted by Crippen LogP contribution is -2.45. The molecule has 1 aromatic carbocycles. The summed E-state index contributed by atoms with van der Waals surface area (Å²) < 4.78 is 10.1. The van der Waals surface area contributed by atoms with Crippen LogP contribution in [0.2, 0.25) is 0 Å². The third kappa shape index (κ3) is 3.49. The molecule has 8 nitrogen and oxygen atoms in total. The van der Waals surface area contributed by atoms with Gasteiger partial charge in [-0.3, -0.25) is 19.3 Å². The van der Waals surface area contributed by atoms with Crippen molar-refractivity contribution >= 4 is 29.1 Å². The Morgan fingerprint density at radius 3 is 2.89 bits per heavy atom. The lowest BCUT2D eigenvalue weighted by molar-refractivity contribution is -0.149. The van der Waals surface area contributed by atoms with Gasteiger partial charge in [0.05, 0.1) is 11.3 Å². The molecule has 2 amide bonds. The Hall–Kier alpha value is -3.33. The fraction of sp³-hybridized carbons (Fsp3) is 0.167. The van der Waals surface area contributed by atoms with E-state index in [1.807, 2.05) is 17.5 Å². The van der Waals surface area contributed by atoms with Gasteiger partial charge in [-0.1, -0.05) is 29.4 Å². The van der Waals surface area contributed by atoms with E-state index in [2.05, 4.69) is 10.1 Å². The maximum absolute atomic E-state index is 12.4. The minimum absolute atomic E-state index is 0.0724. The number of nitrogens with zero attached hydrogens (tertiary/aromatic N) is 3. The second-order valence-electron chi connectivity index (χ2n) is 5.77. The van der Waals surface area contributed by atoms with Gasteiger partial charge in [0.2, 0.25) is 11.7 Å². The molecular formula is C18H13N3O5S. The number of aromatic nitrogens is 2. The van der Waals surface area contributed by atoms with E-state index < -0.39 is 24.3 Å². The van der Waals surface area contributed by atoms with Gasteiger partial charge in [-0.05, 0) is 23.1 Å². The Bertz CT molecular complexity index is 1010. The van der Waals surface area contributed by atoms with E-state index in [0.717, 1.165) is 9.78 Å². The molecule has 2 aromatic heterocycles. The molecular weight excluding hydrogens is 370 g/mol. The molecule has 3 heterocycles. The molecule has 0 atom stereocenters. The Morgan fingerprint density at radius 2 is 2.07 bits per heavy atom. The predicted molar refractivity (Wildman–Crippen MR) is 93.6 cm³/mol. The SMILES string of the molecule is O=C(CN1C(=O)Cc2ccccc2C1=O)OCc1nc(-c2cccs2)no1. The Kier molecular flexibility index (Phi) is 4.51. The molecule has 27 heavy (non-hydrogen) atoms. The van der Waals surface area contributed by atoms with Crippen LogP contribution in [0.1, 0.15) is 21.8 Å². The first kappa shape index (κ1) is 17.1. The summed E-state index contributed by atoms with van der Waals surface area (Å²) in [5, 5.41) is 5.70. The first-order chi connectivity index (χ1) is 13.1. The molecule has 1 aliphatic heterocycles. The fourth-order valence-corrected chi connectivity index (χ4v) is 3.35. The number of thiophene rings is 1. The lowest BCUT2D eigenvalue weighted by Gasteiger charge is -2.25. The molecule has 0 saturated carbocycles. The van der Waals surface area contributed by atoms with Crippen LogP contribution in [-0.2, 0) is 27.4 Å². The van der Waals surface area contributed by atoms with Crippen LogP contribution in [0.3, 0.4) is 0 Å². The highest BCUT2D eigenvalue weighted by Crippen LogP contribution is 2.22. The van der Waals surface area contributed by atoms with Crippen molar-refractivity contribution in [2.75, 3.05) is 6.54 Å². The Morgan fingerprint density at radius 1 is 1.22 bits per heavy atom. The van der Waals surface area contributed by atoms with Gasteiger partial charge >= 0.3 is 5.97 Å². The fourth-order valence-electron chi connectivity index (χ4n) is 2.70. The molecule has 1 aliphatic rings. The van der Waals surface area contributed by atoms with Crippen molar-refractivity contribution in [3.05, 3.63) is 58.8 Å². The lowest BCUT2D eigenvalue weighted by atomic mass is 9.98. The predicted octanol–water partition coefficient (Wildman–Crippen LogP) is 2.07. The van der Waals surface area contributed by atoms with Crippen LogP contribution < -0.4 is 0 Å². The minimum atomic E-state index is -0.730. The maximum Gasteiger partial charge on any atom is 0.326 e. The van der Waals surface area contributed by atoms with Gasteiger partial charge in [0.25, 0.3) is 11.8 Å². The minimum Gasteiger partial charge on any atom is -0.454 e. The molecule has 0 fully saturated rings. The van der Waals surface area contributed by atoms with Crippen LogP contribution in [-0.4, -0.2) is 39.4 Å². The molecule has 9 heteroatoms. The van der Waals surface area contributed by atoms with Gasteiger partial charge in [0.15, 0.2) is 6.61 Å². The number of imide groups is 1. The molecule has 0 spiro atoms. The van der Waals surface area contributed by atoms with Crippen LogP contribution in [0.25, 0.3) is 10.7 Å². The normalized spacial score (nSPS) is 13.6. The van der Waals surface area contributed by atoms with Crippen molar-refractivity contribution in [3.8, 4) is 10.7 Å². The average molecular weight is 383 g/mol. The highest BCUT2D eigenvalue weighted by molar-refractivity contribution is 7.13. The van der Waals surface area contributed by atoms with E-state index in [0.29, 0.717) is 17.0 Å². The molecule has 0 saturated heterocycles. The zero-order chi connectivity index (χ0) is 18.8. The van der Waals surface area contributed by atoms with Gasteiger partial charge in [-0.15, -0.1) is 11.3 Å². The molecule has 0 unspecified atom stereocenters. The van der Waals surface area contributed by atoms with Crippen LogP contribution >= 0.6 is 11.3 Å². The summed E-state index contributed by atoms with van der Waals surface area (Å²) in [7, 11) is 0. The van der Waals surface area contributed by atoms with E-state index in [1.54, 1.807) is 24.3 Å². The summed E-state index contributed by atoms with van der Waals surface area (Å²) in [5.74, 6) is -1.13. The highest BCUT2D eigenvalue weighted by atomic mass is 32.1. The van der Waals surface area contributed by atoms with Gasteiger partial charge in [-0.25, -0.2) is 0 Å². The smallest absolute Gasteiger partial charge is 0.326 e. The third-order valence-electron chi connectivity index (χ3n) is 3.99. The van der Waals surface area contributed by atoms with Crippen LogP contribution in [0.5, 0.6) is 0 Å². The number of benzene rings is 1. The van der Waals surface area contributed by atoms with Crippen molar-refractivity contribution in [1.29, 1.82) is 0 Å². The summed E-state index contributed by atoms with van der Waals surface area (Å²) >= 11 is 1.46. The van der Waals surface area contributed by atoms with Crippen molar-refractivity contribution in [1.82, 2.24) is 15.0 Å². The summed E-state index contributed by atoms with van der Waals surface area (Å²) in [4.78, 5) is 42.5. The summed E-state index contributed by atoms with van der Waals surface area (Å²) in [6.07, 6.45) is 0.0724. The first-order valence-corrected chi connectivity index (χ1v) is 8.94. The highest BCUT2D eigenvalue weighted by Gasteiger charge is 2.32. The van der Waals surface area contributed by atoms with Crippen molar-refractivity contribution in [2.24, 2.45) is 0 Å². The molecule has 0 N–H and O–H groups in total.